The first-order chi connectivity index (χ1) is 13.6. The van der Waals surface area contributed by atoms with Crippen molar-refractivity contribution in [2.75, 3.05) is 11.4 Å². The Morgan fingerprint density at radius 2 is 1.86 bits per heavy atom. The van der Waals surface area contributed by atoms with Crippen molar-refractivity contribution in [2.24, 2.45) is 0 Å². The third kappa shape index (κ3) is 4.02. The molecule has 0 bridgehead atoms. The van der Waals surface area contributed by atoms with Gasteiger partial charge in [0.1, 0.15) is 11.4 Å². The second-order valence-electron chi connectivity index (χ2n) is 8.42. The van der Waals surface area contributed by atoms with Crippen LogP contribution in [0.2, 0.25) is 0 Å². The maximum absolute atomic E-state index is 13.1. The lowest BCUT2D eigenvalue weighted by Gasteiger charge is -2.38. The molecule has 154 valence electrons. The molecule has 0 aliphatic carbocycles. The molecule has 2 heterocycles. The zero-order chi connectivity index (χ0) is 20.8. The van der Waals surface area contributed by atoms with Crippen molar-refractivity contribution in [1.82, 2.24) is 4.72 Å². The summed E-state index contributed by atoms with van der Waals surface area (Å²) in [5.74, 6) is 0.789. The van der Waals surface area contributed by atoms with Crippen molar-refractivity contribution in [3.8, 4) is 5.75 Å². The highest BCUT2D eigenvalue weighted by Crippen LogP contribution is 2.40. The lowest BCUT2D eigenvalue weighted by atomic mass is 9.89. The summed E-state index contributed by atoms with van der Waals surface area (Å²) in [4.78, 5) is 13.8. The molecule has 4 rings (SSSR count). The predicted octanol–water partition coefficient (Wildman–Crippen LogP) is 3.70. The van der Waals surface area contributed by atoms with Crippen molar-refractivity contribution in [3.63, 3.8) is 0 Å². The van der Waals surface area contributed by atoms with Crippen molar-refractivity contribution < 1.29 is 17.9 Å². The minimum absolute atomic E-state index is 0.0788. The number of sulfonamides is 1. The van der Waals surface area contributed by atoms with Gasteiger partial charge in [-0.25, -0.2) is 13.1 Å². The normalized spacial score (nSPS) is 21.0. The number of hydrogen-bond donors (Lipinski definition) is 1. The number of fused-ring (bicyclic) bond motifs is 1. The number of nitrogens with zero attached hydrogens (tertiary/aromatic N) is 1. The van der Waals surface area contributed by atoms with Crippen LogP contribution in [0.3, 0.4) is 0 Å². The monoisotopic (exact) mass is 414 g/mol. The maximum Gasteiger partial charge on any atom is 0.241 e. The number of carbonyl (C=O) groups excluding carboxylic acids is 1. The van der Waals surface area contributed by atoms with Gasteiger partial charge in [0, 0.05) is 30.6 Å². The average molecular weight is 415 g/mol. The highest BCUT2D eigenvalue weighted by atomic mass is 32.2. The molecule has 2 aromatic carbocycles. The van der Waals surface area contributed by atoms with Crippen molar-refractivity contribution in [2.45, 2.75) is 56.6 Å². The Morgan fingerprint density at radius 1 is 1.14 bits per heavy atom. The fourth-order valence-electron chi connectivity index (χ4n) is 4.06. The summed E-state index contributed by atoms with van der Waals surface area (Å²) in [5, 5.41) is 0. The third-order valence-electron chi connectivity index (χ3n) is 5.45. The van der Waals surface area contributed by atoms with E-state index in [1.165, 1.54) is 0 Å². The predicted molar refractivity (Wildman–Crippen MR) is 112 cm³/mol. The van der Waals surface area contributed by atoms with Crippen LogP contribution in [-0.2, 0) is 14.8 Å². The van der Waals surface area contributed by atoms with E-state index in [4.69, 9.17) is 4.74 Å². The van der Waals surface area contributed by atoms with Gasteiger partial charge in [0.05, 0.1) is 10.9 Å². The Kier molecular flexibility index (Phi) is 4.91. The summed E-state index contributed by atoms with van der Waals surface area (Å²) >= 11 is 0. The molecule has 0 spiro atoms. The molecule has 2 aliphatic rings. The van der Waals surface area contributed by atoms with Gasteiger partial charge in [-0.3, -0.25) is 4.79 Å². The Hall–Kier alpha value is -2.38. The molecular formula is C22H26N2O4S. The topological polar surface area (TPSA) is 75.7 Å². The first-order valence-corrected chi connectivity index (χ1v) is 11.4. The number of amides is 1. The number of nitrogens with one attached hydrogen (secondary N) is 1. The molecule has 6 nitrogen and oxygen atoms in total. The Bertz CT molecular complexity index is 1040. The second-order valence-corrected chi connectivity index (χ2v) is 10.1. The highest BCUT2D eigenvalue weighted by molar-refractivity contribution is 7.89. The van der Waals surface area contributed by atoms with E-state index in [-0.39, 0.29) is 16.8 Å². The summed E-state index contributed by atoms with van der Waals surface area (Å²) in [5.41, 5.74) is 2.16. The molecule has 7 heteroatoms. The minimum atomic E-state index is -3.73. The maximum atomic E-state index is 13.1. The van der Waals surface area contributed by atoms with Crippen LogP contribution in [0.4, 0.5) is 5.69 Å². The molecule has 0 saturated carbocycles. The minimum Gasteiger partial charge on any atom is -0.487 e. The smallest absolute Gasteiger partial charge is 0.241 e. The molecule has 29 heavy (non-hydrogen) atoms. The third-order valence-corrected chi connectivity index (χ3v) is 6.94. The molecule has 1 amide bonds. The molecule has 0 radical (unpaired) electrons. The van der Waals surface area contributed by atoms with Gasteiger partial charge in [0.25, 0.3) is 0 Å². The molecule has 2 aromatic rings. The fourth-order valence-corrected chi connectivity index (χ4v) is 5.28. The number of rotatable bonds is 4. The molecule has 1 N–H and O–H groups in total. The largest absolute Gasteiger partial charge is 0.487 e. The van der Waals surface area contributed by atoms with Gasteiger partial charge in [-0.2, -0.15) is 0 Å². The van der Waals surface area contributed by atoms with Crippen LogP contribution in [0.25, 0.3) is 0 Å². The van der Waals surface area contributed by atoms with Crippen LogP contribution < -0.4 is 14.4 Å². The Labute approximate surface area is 171 Å². The molecule has 0 unspecified atom stereocenters. The van der Waals surface area contributed by atoms with E-state index >= 15 is 0 Å². The van der Waals surface area contributed by atoms with E-state index in [0.29, 0.717) is 25.1 Å². The molecule has 1 saturated heterocycles. The lowest BCUT2D eigenvalue weighted by Crippen LogP contribution is -2.41. The molecule has 0 aromatic heterocycles. The lowest BCUT2D eigenvalue weighted by molar-refractivity contribution is -0.117. The van der Waals surface area contributed by atoms with E-state index in [1.54, 1.807) is 29.2 Å². The highest BCUT2D eigenvalue weighted by Gasteiger charge is 2.36. The standard InChI is InChI=1S/C22H26N2O4S/c1-15-6-11-20-18(13-15)19(14-22(2,3)28-20)23-29(26,27)17-9-7-16(8-10-17)24-12-4-5-21(24)25/h6-11,13,19,23H,4-5,12,14H2,1-3H3/t19-/m0/s1. The van der Waals surface area contributed by atoms with Gasteiger partial charge in [-0.15, -0.1) is 0 Å². The van der Waals surface area contributed by atoms with Gasteiger partial charge in [-0.05, 0) is 57.5 Å². The summed E-state index contributed by atoms with van der Waals surface area (Å²) in [6, 6.07) is 12.0. The van der Waals surface area contributed by atoms with Crippen LogP contribution in [-0.4, -0.2) is 26.5 Å². The van der Waals surface area contributed by atoms with Gasteiger partial charge >= 0.3 is 0 Å². The number of carbonyl (C=O) groups is 1. The molecule has 2 aliphatic heterocycles. The van der Waals surface area contributed by atoms with Crippen LogP contribution in [0.15, 0.2) is 47.4 Å². The van der Waals surface area contributed by atoms with E-state index < -0.39 is 15.6 Å². The van der Waals surface area contributed by atoms with Gasteiger partial charge in [0.2, 0.25) is 15.9 Å². The summed E-state index contributed by atoms with van der Waals surface area (Å²) in [6.07, 6.45) is 1.90. The average Bonchev–Trinajstić information content (AvgIpc) is 3.07. The van der Waals surface area contributed by atoms with Crippen LogP contribution in [0.1, 0.15) is 50.3 Å². The molecule has 1 atom stereocenters. The number of anilines is 1. The van der Waals surface area contributed by atoms with Crippen molar-refractivity contribution in [1.29, 1.82) is 0 Å². The number of benzene rings is 2. The zero-order valence-corrected chi connectivity index (χ0v) is 17.8. The van der Waals surface area contributed by atoms with E-state index in [9.17, 15) is 13.2 Å². The number of ether oxygens (including phenoxy) is 1. The van der Waals surface area contributed by atoms with Gasteiger partial charge in [0.15, 0.2) is 0 Å². The summed E-state index contributed by atoms with van der Waals surface area (Å²) in [6.45, 7) is 6.57. The summed E-state index contributed by atoms with van der Waals surface area (Å²) < 4.78 is 35.0. The Balaban J connectivity index is 1.60. The van der Waals surface area contributed by atoms with Crippen LogP contribution in [0, 0.1) is 6.92 Å². The first kappa shape index (κ1) is 19.9. The second kappa shape index (κ2) is 7.15. The first-order valence-electron chi connectivity index (χ1n) is 9.87. The SMILES string of the molecule is Cc1ccc2c(c1)[C@@H](NS(=O)(=O)c1ccc(N3CCCC3=O)cc1)CC(C)(C)O2. The van der Waals surface area contributed by atoms with Gasteiger partial charge in [-0.1, -0.05) is 17.7 Å². The number of aryl methyl sites for hydroxylation is 1. The quantitative estimate of drug-likeness (QED) is 0.828. The van der Waals surface area contributed by atoms with E-state index in [0.717, 1.165) is 23.2 Å². The fraction of sp³-hybridized carbons (Fsp3) is 0.409. The van der Waals surface area contributed by atoms with Crippen molar-refractivity contribution >= 4 is 21.6 Å². The Morgan fingerprint density at radius 3 is 2.52 bits per heavy atom. The summed E-state index contributed by atoms with van der Waals surface area (Å²) in [7, 11) is -3.73. The number of hydrogen-bond acceptors (Lipinski definition) is 4. The van der Waals surface area contributed by atoms with E-state index in [1.807, 2.05) is 39.0 Å². The molecule has 1 fully saturated rings. The zero-order valence-electron chi connectivity index (χ0n) is 16.9. The van der Waals surface area contributed by atoms with E-state index in [2.05, 4.69) is 4.72 Å². The van der Waals surface area contributed by atoms with Crippen molar-refractivity contribution in [3.05, 3.63) is 53.6 Å². The van der Waals surface area contributed by atoms with Crippen LogP contribution >= 0.6 is 0 Å². The molecular weight excluding hydrogens is 388 g/mol. The van der Waals surface area contributed by atoms with Gasteiger partial charge < -0.3 is 9.64 Å². The van der Waals surface area contributed by atoms with Crippen LogP contribution in [0.5, 0.6) is 5.75 Å².